The van der Waals surface area contributed by atoms with E-state index >= 15 is 0 Å². The number of hydrogen-bond acceptors (Lipinski definition) is 3. The molecule has 0 aromatic heterocycles. The highest BCUT2D eigenvalue weighted by atomic mass is 16.5. The van der Waals surface area contributed by atoms with E-state index in [2.05, 4.69) is 10.2 Å². The molecule has 0 aromatic rings. The summed E-state index contributed by atoms with van der Waals surface area (Å²) in [5.74, 6) is 0. The average Bonchev–Trinajstić information content (AvgIpc) is 2.34. The summed E-state index contributed by atoms with van der Waals surface area (Å²) in [6, 6.07) is 0. The molecule has 9 heavy (non-hydrogen) atoms. The molecule has 0 saturated carbocycles. The van der Waals surface area contributed by atoms with Crippen molar-refractivity contribution in [3.05, 3.63) is 12.4 Å². The molecule has 1 aliphatic heterocycles. The highest BCUT2D eigenvalue weighted by Gasteiger charge is 2.00. The maximum absolute atomic E-state index is 4.90. The van der Waals surface area contributed by atoms with Crippen LogP contribution in [-0.2, 0) is 4.74 Å². The van der Waals surface area contributed by atoms with Gasteiger partial charge in [0.2, 0.25) is 0 Å². The lowest BCUT2D eigenvalue weighted by Crippen LogP contribution is -2.24. The van der Waals surface area contributed by atoms with Crippen molar-refractivity contribution < 1.29 is 4.74 Å². The molecule has 1 N–H and O–H groups in total. The van der Waals surface area contributed by atoms with E-state index < -0.39 is 0 Å². The molecule has 3 nitrogen and oxygen atoms in total. The van der Waals surface area contributed by atoms with Gasteiger partial charge in [0.05, 0.1) is 13.3 Å². The molecule has 1 rings (SSSR count). The van der Waals surface area contributed by atoms with Crippen LogP contribution in [0.5, 0.6) is 0 Å². The Morgan fingerprint density at radius 3 is 3.22 bits per heavy atom. The monoisotopic (exact) mass is 128 g/mol. The Kier molecular flexibility index (Phi) is 2.39. The lowest BCUT2D eigenvalue weighted by molar-refractivity contribution is 0.171. The second-order valence-corrected chi connectivity index (χ2v) is 1.98. The molecule has 0 bridgehead atoms. The number of ether oxygens (including phenoxy) is 1. The molecule has 0 aliphatic carbocycles. The van der Waals surface area contributed by atoms with Gasteiger partial charge in [0.1, 0.15) is 0 Å². The summed E-state index contributed by atoms with van der Waals surface area (Å²) in [5.41, 5.74) is 0. The molecule has 0 amide bonds. The molecule has 0 spiro atoms. The fourth-order valence-electron chi connectivity index (χ4n) is 0.743. The predicted octanol–water partition coefficient (Wildman–Crippen LogP) is -0.0333. The van der Waals surface area contributed by atoms with Gasteiger partial charge >= 0.3 is 0 Å². The third kappa shape index (κ3) is 1.93. The van der Waals surface area contributed by atoms with Gasteiger partial charge < -0.3 is 15.0 Å². The van der Waals surface area contributed by atoms with Crippen molar-refractivity contribution in [2.45, 2.75) is 0 Å². The highest BCUT2D eigenvalue weighted by molar-refractivity contribution is 4.86. The van der Waals surface area contributed by atoms with E-state index in [1.165, 1.54) is 0 Å². The van der Waals surface area contributed by atoms with Gasteiger partial charge in [-0.2, -0.15) is 0 Å². The molecule has 0 aromatic carbocycles. The molecular formula is C6H12N2O. The second-order valence-electron chi connectivity index (χ2n) is 1.98. The lowest BCUT2D eigenvalue weighted by atomic mass is 10.6. The first-order chi connectivity index (χ1) is 4.43. The molecule has 0 unspecified atom stereocenters. The summed E-state index contributed by atoms with van der Waals surface area (Å²) in [7, 11) is 1.72. The summed E-state index contributed by atoms with van der Waals surface area (Å²) in [6.45, 7) is 2.69. The van der Waals surface area contributed by atoms with E-state index in [-0.39, 0.29) is 0 Å². The van der Waals surface area contributed by atoms with Crippen LogP contribution in [0.25, 0.3) is 0 Å². The van der Waals surface area contributed by atoms with Gasteiger partial charge in [0.15, 0.2) is 0 Å². The normalized spacial score (nSPS) is 16.3. The van der Waals surface area contributed by atoms with Gasteiger partial charge in [-0.3, -0.25) is 0 Å². The maximum Gasteiger partial charge on any atom is 0.0868 e. The van der Waals surface area contributed by atoms with E-state index in [1.54, 1.807) is 7.11 Å². The van der Waals surface area contributed by atoms with Gasteiger partial charge in [-0.15, -0.1) is 0 Å². The summed E-state index contributed by atoms with van der Waals surface area (Å²) in [4.78, 5) is 2.16. The fraction of sp³-hybridized carbons (Fsp3) is 0.667. The Bertz CT molecular complexity index is 103. The topological polar surface area (TPSA) is 24.5 Å². The fourth-order valence-corrected chi connectivity index (χ4v) is 0.743. The Labute approximate surface area is 55.3 Å². The summed E-state index contributed by atoms with van der Waals surface area (Å²) in [5, 5.41) is 3.07. The first kappa shape index (κ1) is 6.42. The molecule has 3 heteroatoms. The van der Waals surface area contributed by atoms with Crippen molar-refractivity contribution in [1.29, 1.82) is 0 Å². The predicted molar refractivity (Wildman–Crippen MR) is 35.7 cm³/mol. The minimum Gasteiger partial charge on any atom is -0.383 e. The standard InChI is InChI=1S/C6H12N2O/c1-9-5-4-8-3-2-7-6-8/h2-3,7H,4-6H2,1H3. The lowest BCUT2D eigenvalue weighted by Gasteiger charge is -2.12. The summed E-state index contributed by atoms with van der Waals surface area (Å²) >= 11 is 0. The Morgan fingerprint density at radius 1 is 1.78 bits per heavy atom. The number of nitrogens with zero attached hydrogens (tertiary/aromatic N) is 1. The number of hydrogen-bond donors (Lipinski definition) is 1. The molecular weight excluding hydrogens is 116 g/mol. The van der Waals surface area contributed by atoms with Crippen LogP contribution in [0.4, 0.5) is 0 Å². The third-order valence-corrected chi connectivity index (χ3v) is 1.28. The molecule has 0 fully saturated rings. The average molecular weight is 128 g/mol. The van der Waals surface area contributed by atoms with Crippen LogP contribution < -0.4 is 5.32 Å². The molecule has 0 saturated heterocycles. The largest absolute Gasteiger partial charge is 0.383 e. The van der Waals surface area contributed by atoms with Gasteiger partial charge in [-0.05, 0) is 0 Å². The molecule has 0 radical (unpaired) electrons. The molecule has 1 aliphatic rings. The van der Waals surface area contributed by atoms with Gasteiger partial charge in [-0.25, -0.2) is 0 Å². The van der Waals surface area contributed by atoms with Gasteiger partial charge in [-0.1, -0.05) is 0 Å². The van der Waals surface area contributed by atoms with Crippen LogP contribution >= 0.6 is 0 Å². The minimum absolute atomic E-state index is 0.798. The summed E-state index contributed by atoms with van der Waals surface area (Å²) in [6.07, 6.45) is 3.97. The van der Waals surface area contributed by atoms with E-state index in [1.807, 2.05) is 12.4 Å². The SMILES string of the molecule is COCCN1C=CNC1. The van der Waals surface area contributed by atoms with Crippen LogP contribution in [-0.4, -0.2) is 31.8 Å². The van der Waals surface area contributed by atoms with Crippen molar-refractivity contribution in [3.8, 4) is 0 Å². The van der Waals surface area contributed by atoms with E-state index in [0.29, 0.717) is 0 Å². The van der Waals surface area contributed by atoms with Crippen LogP contribution in [0.15, 0.2) is 12.4 Å². The Morgan fingerprint density at radius 2 is 2.67 bits per heavy atom. The smallest absolute Gasteiger partial charge is 0.0868 e. The van der Waals surface area contributed by atoms with Crippen LogP contribution in [0, 0.1) is 0 Å². The van der Waals surface area contributed by atoms with Crippen molar-refractivity contribution in [2.75, 3.05) is 26.9 Å². The van der Waals surface area contributed by atoms with Crippen molar-refractivity contribution in [3.63, 3.8) is 0 Å². The second kappa shape index (κ2) is 3.35. The van der Waals surface area contributed by atoms with E-state index in [4.69, 9.17) is 4.74 Å². The quantitative estimate of drug-likeness (QED) is 0.577. The highest BCUT2D eigenvalue weighted by Crippen LogP contribution is 1.92. The van der Waals surface area contributed by atoms with Crippen LogP contribution in [0.3, 0.4) is 0 Å². The third-order valence-electron chi connectivity index (χ3n) is 1.28. The van der Waals surface area contributed by atoms with Crippen molar-refractivity contribution in [2.24, 2.45) is 0 Å². The van der Waals surface area contributed by atoms with Crippen molar-refractivity contribution >= 4 is 0 Å². The Balaban J connectivity index is 2.05. The zero-order valence-electron chi connectivity index (χ0n) is 5.63. The number of rotatable bonds is 3. The zero-order chi connectivity index (χ0) is 6.53. The molecule has 0 atom stereocenters. The molecule has 52 valence electrons. The molecule has 1 heterocycles. The summed E-state index contributed by atoms with van der Waals surface area (Å²) < 4.78 is 4.90. The van der Waals surface area contributed by atoms with Crippen molar-refractivity contribution in [1.82, 2.24) is 10.2 Å². The minimum atomic E-state index is 0.798. The first-order valence-electron chi connectivity index (χ1n) is 3.06. The first-order valence-corrected chi connectivity index (χ1v) is 3.06. The van der Waals surface area contributed by atoms with Gasteiger partial charge in [0, 0.05) is 26.1 Å². The Hall–Kier alpha value is -0.700. The number of nitrogens with one attached hydrogen (secondary N) is 1. The zero-order valence-corrected chi connectivity index (χ0v) is 5.63. The maximum atomic E-state index is 4.90. The van der Waals surface area contributed by atoms with Crippen LogP contribution in [0.1, 0.15) is 0 Å². The van der Waals surface area contributed by atoms with Gasteiger partial charge in [0.25, 0.3) is 0 Å². The number of methoxy groups -OCH3 is 1. The van der Waals surface area contributed by atoms with E-state index in [0.717, 1.165) is 19.8 Å². The van der Waals surface area contributed by atoms with E-state index in [9.17, 15) is 0 Å². The van der Waals surface area contributed by atoms with Crippen LogP contribution in [0.2, 0.25) is 0 Å².